The van der Waals surface area contributed by atoms with Crippen LogP contribution in [0.5, 0.6) is 0 Å². The second-order valence-corrected chi connectivity index (χ2v) is 4.14. The summed E-state index contributed by atoms with van der Waals surface area (Å²) in [6.45, 7) is 0.507. The molecule has 0 radical (unpaired) electrons. The van der Waals surface area contributed by atoms with Gasteiger partial charge in [0.25, 0.3) is 0 Å². The molecule has 1 aromatic rings. The van der Waals surface area contributed by atoms with E-state index in [0.29, 0.717) is 18.4 Å². The lowest BCUT2D eigenvalue weighted by atomic mass is 10.2. The zero-order chi connectivity index (χ0) is 11.4. The molecule has 2 rings (SSSR count). The third-order valence-electron chi connectivity index (χ3n) is 2.92. The van der Waals surface area contributed by atoms with Gasteiger partial charge in [0.1, 0.15) is 11.5 Å². The summed E-state index contributed by atoms with van der Waals surface area (Å²) in [5.74, 6) is 0.00521. The average Bonchev–Trinajstić information content (AvgIpc) is 2.79. The summed E-state index contributed by atoms with van der Waals surface area (Å²) in [5.41, 5.74) is 6.91. The molecule has 0 spiro atoms. The average molecular weight is 219 g/mol. The van der Waals surface area contributed by atoms with Gasteiger partial charge in [-0.1, -0.05) is 18.9 Å². The molecule has 0 aromatic carbocycles. The Bertz CT molecular complexity index is 372. The minimum atomic E-state index is 0.00521. The molecule has 4 heteroatoms. The van der Waals surface area contributed by atoms with Gasteiger partial charge in [-0.2, -0.15) is 0 Å². The molecule has 1 fully saturated rings. The molecule has 1 heterocycles. The Balaban J connectivity index is 2.00. The quantitative estimate of drug-likeness (QED) is 0.599. The monoisotopic (exact) mass is 219 g/mol. The van der Waals surface area contributed by atoms with Crippen molar-refractivity contribution in [2.24, 2.45) is 5.73 Å². The fourth-order valence-corrected chi connectivity index (χ4v) is 2.06. The first-order valence-corrected chi connectivity index (χ1v) is 5.67. The first-order valence-electron chi connectivity index (χ1n) is 5.67. The van der Waals surface area contributed by atoms with Crippen molar-refractivity contribution in [1.29, 1.82) is 5.41 Å². The Morgan fingerprint density at radius 3 is 2.94 bits per heavy atom. The first-order chi connectivity index (χ1) is 7.77. The van der Waals surface area contributed by atoms with E-state index in [1.807, 2.05) is 12.1 Å². The van der Waals surface area contributed by atoms with E-state index in [1.165, 1.54) is 12.8 Å². The maximum absolute atomic E-state index is 7.42. The van der Waals surface area contributed by atoms with E-state index >= 15 is 0 Å². The Morgan fingerprint density at radius 2 is 2.25 bits per heavy atom. The lowest BCUT2D eigenvalue weighted by Gasteiger charge is -2.12. The fraction of sp³-hybridized carbons (Fsp3) is 0.500. The van der Waals surface area contributed by atoms with Gasteiger partial charge in [0.05, 0.1) is 12.7 Å². The number of hydrogen-bond acceptors (Lipinski definition) is 3. The van der Waals surface area contributed by atoms with E-state index in [1.54, 1.807) is 6.20 Å². The van der Waals surface area contributed by atoms with Crippen molar-refractivity contribution in [3.63, 3.8) is 0 Å². The molecule has 4 nitrogen and oxygen atoms in total. The number of nitrogens with one attached hydrogen (secondary N) is 1. The van der Waals surface area contributed by atoms with Crippen LogP contribution in [0, 0.1) is 5.41 Å². The van der Waals surface area contributed by atoms with Gasteiger partial charge >= 0.3 is 0 Å². The van der Waals surface area contributed by atoms with Crippen molar-refractivity contribution >= 4 is 5.84 Å². The van der Waals surface area contributed by atoms with Crippen molar-refractivity contribution in [2.45, 2.75) is 38.4 Å². The molecule has 1 aliphatic carbocycles. The normalized spacial score (nSPS) is 16.5. The summed E-state index contributed by atoms with van der Waals surface area (Å²) in [4.78, 5) is 4.09. The van der Waals surface area contributed by atoms with Crippen LogP contribution in [0.1, 0.15) is 36.9 Å². The predicted octanol–water partition coefficient (Wildman–Crippen LogP) is 1.82. The second-order valence-electron chi connectivity index (χ2n) is 4.14. The molecular formula is C12H17N3O. The number of nitrogen functional groups attached to an aromatic ring is 1. The highest BCUT2D eigenvalue weighted by Gasteiger charge is 2.16. The lowest BCUT2D eigenvalue weighted by Crippen LogP contribution is -2.17. The standard InChI is InChI=1S/C12H17N3O/c13-12(14)11-9(4-3-7-15-11)8-16-10-5-1-2-6-10/h3-4,7,10H,1-2,5-6,8H2,(H3,13,14). The molecule has 0 bridgehead atoms. The summed E-state index contributed by atoms with van der Waals surface area (Å²) in [7, 11) is 0. The van der Waals surface area contributed by atoms with Crippen molar-refractivity contribution < 1.29 is 4.74 Å². The highest BCUT2D eigenvalue weighted by Crippen LogP contribution is 2.22. The Hall–Kier alpha value is -1.42. The first kappa shape index (κ1) is 11.1. The number of aromatic nitrogens is 1. The van der Waals surface area contributed by atoms with Crippen LogP contribution >= 0.6 is 0 Å². The topological polar surface area (TPSA) is 72.0 Å². The third kappa shape index (κ3) is 2.58. The SMILES string of the molecule is N=C(N)c1ncccc1COC1CCCC1. The van der Waals surface area contributed by atoms with Crippen molar-refractivity contribution in [3.8, 4) is 0 Å². The van der Waals surface area contributed by atoms with Gasteiger partial charge in [0, 0.05) is 11.8 Å². The van der Waals surface area contributed by atoms with E-state index in [2.05, 4.69) is 4.98 Å². The third-order valence-corrected chi connectivity index (χ3v) is 2.92. The van der Waals surface area contributed by atoms with Crippen LogP contribution in [-0.4, -0.2) is 16.9 Å². The van der Waals surface area contributed by atoms with Crippen molar-refractivity contribution in [1.82, 2.24) is 4.98 Å². The molecule has 0 amide bonds. The highest BCUT2D eigenvalue weighted by molar-refractivity contribution is 5.94. The number of ether oxygens (including phenoxy) is 1. The van der Waals surface area contributed by atoms with Crippen LogP contribution in [0.25, 0.3) is 0 Å². The molecule has 0 atom stereocenters. The van der Waals surface area contributed by atoms with E-state index < -0.39 is 0 Å². The minimum Gasteiger partial charge on any atom is -0.382 e. The van der Waals surface area contributed by atoms with Crippen LogP contribution in [0.15, 0.2) is 18.3 Å². The van der Waals surface area contributed by atoms with E-state index in [4.69, 9.17) is 15.9 Å². The number of nitrogens with two attached hydrogens (primary N) is 1. The molecule has 0 saturated heterocycles. The van der Waals surface area contributed by atoms with Gasteiger partial charge in [-0.05, 0) is 18.9 Å². The summed E-state index contributed by atoms with van der Waals surface area (Å²) in [6, 6.07) is 3.76. The molecule has 0 aliphatic heterocycles. The molecule has 3 N–H and O–H groups in total. The Morgan fingerprint density at radius 1 is 1.50 bits per heavy atom. The van der Waals surface area contributed by atoms with Gasteiger partial charge in [0.15, 0.2) is 0 Å². The van der Waals surface area contributed by atoms with Crippen LogP contribution in [0.3, 0.4) is 0 Å². The van der Waals surface area contributed by atoms with Gasteiger partial charge in [-0.25, -0.2) is 0 Å². The fourth-order valence-electron chi connectivity index (χ4n) is 2.06. The Kier molecular flexibility index (Phi) is 3.51. The number of nitrogens with zero attached hydrogens (tertiary/aromatic N) is 1. The maximum Gasteiger partial charge on any atom is 0.142 e. The van der Waals surface area contributed by atoms with Gasteiger partial charge in [-0.15, -0.1) is 0 Å². The lowest BCUT2D eigenvalue weighted by molar-refractivity contribution is 0.0454. The summed E-state index contributed by atoms with van der Waals surface area (Å²) < 4.78 is 5.79. The number of amidine groups is 1. The minimum absolute atomic E-state index is 0.00521. The van der Waals surface area contributed by atoms with Gasteiger partial charge in [0.2, 0.25) is 0 Å². The molecular weight excluding hydrogens is 202 g/mol. The molecule has 1 aromatic heterocycles. The van der Waals surface area contributed by atoms with Crippen LogP contribution in [0.2, 0.25) is 0 Å². The van der Waals surface area contributed by atoms with Crippen LogP contribution in [-0.2, 0) is 11.3 Å². The maximum atomic E-state index is 7.42. The van der Waals surface area contributed by atoms with Gasteiger partial charge in [-0.3, -0.25) is 10.4 Å². The molecule has 16 heavy (non-hydrogen) atoms. The molecule has 1 aliphatic rings. The number of pyridine rings is 1. The van der Waals surface area contributed by atoms with Gasteiger partial charge < -0.3 is 10.5 Å². The number of hydrogen-bond donors (Lipinski definition) is 2. The predicted molar refractivity (Wildman–Crippen MR) is 62.3 cm³/mol. The summed E-state index contributed by atoms with van der Waals surface area (Å²) >= 11 is 0. The van der Waals surface area contributed by atoms with Crippen LogP contribution < -0.4 is 5.73 Å². The summed E-state index contributed by atoms with van der Waals surface area (Å²) in [6.07, 6.45) is 6.84. The molecule has 1 saturated carbocycles. The van der Waals surface area contributed by atoms with E-state index in [0.717, 1.165) is 18.4 Å². The zero-order valence-corrected chi connectivity index (χ0v) is 9.28. The smallest absolute Gasteiger partial charge is 0.142 e. The van der Waals surface area contributed by atoms with Crippen molar-refractivity contribution in [2.75, 3.05) is 0 Å². The number of rotatable bonds is 4. The summed E-state index contributed by atoms with van der Waals surface area (Å²) in [5, 5.41) is 7.42. The van der Waals surface area contributed by atoms with E-state index in [9.17, 15) is 0 Å². The molecule has 86 valence electrons. The van der Waals surface area contributed by atoms with Crippen molar-refractivity contribution in [3.05, 3.63) is 29.6 Å². The largest absolute Gasteiger partial charge is 0.382 e. The van der Waals surface area contributed by atoms with E-state index in [-0.39, 0.29) is 5.84 Å². The second kappa shape index (κ2) is 5.07. The highest BCUT2D eigenvalue weighted by atomic mass is 16.5. The zero-order valence-electron chi connectivity index (χ0n) is 9.28. The van der Waals surface area contributed by atoms with Crippen LogP contribution in [0.4, 0.5) is 0 Å². The molecule has 0 unspecified atom stereocenters. The Labute approximate surface area is 95.3 Å².